The largest absolute Gasteiger partial charge is 0.493 e. The number of benzene rings is 1. The maximum atomic E-state index is 13.5. The Hall–Kier alpha value is -3.33. The van der Waals surface area contributed by atoms with Gasteiger partial charge in [0.15, 0.2) is 11.5 Å². The van der Waals surface area contributed by atoms with Gasteiger partial charge in [-0.2, -0.15) is 0 Å². The van der Waals surface area contributed by atoms with Crippen molar-refractivity contribution in [3.05, 3.63) is 44.3 Å². The van der Waals surface area contributed by atoms with Crippen LogP contribution in [0, 0.1) is 13.8 Å². The number of thiophene rings is 1. The van der Waals surface area contributed by atoms with Gasteiger partial charge in [-0.15, -0.1) is 11.3 Å². The minimum Gasteiger partial charge on any atom is -0.493 e. The zero-order valence-corrected chi connectivity index (χ0v) is 18.9. The van der Waals surface area contributed by atoms with Crippen molar-refractivity contribution in [2.45, 2.75) is 26.7 Å². The molecule has 0 spiro atoms. The minimum atomic E-state index is -0.241. The van der Waals surface area contributed by atoms with Gasteiger partial charge in [-0.05, 0) is 56.0 Å². The second-order valence-electron chi connectivity index (χ2n) is 7.89. The molecule has 0 atom stereocenters. The lowest BCUT2D eigenvalue weighted by molar-refractivity contribution is -0.123. The van der Waals surface area contributed by atoms with E-state index in [2.05, 4.69) is 9.97 Å². The van der Waals surface area contributed by atoms with Crippen molar-refractivity contribution >= 4 is 39.1 Å². The summed E-state index contributed by atoms with van der Waals surface area (Å²) in [7, 11) is 1.55. The number of nitrogens with zero attached hydrogens (tertiary/aromatic N) is 2. The van der Waals surface area contributed by atoms with Gasteiger partial charge in [0, 0.05) is 18.0 Å². The van der Waals surface area contributed by atoms with Crippen molar-refractivity contribution in [1.29, 1.82) is 0 Å². The van der Waals surface area contributed by atoms with Crippen molar-refractivity contribution in [2.75, 3.05) is 27.0 Å². The number of likely N-dealkylation sites (tertiary alicyclic amines) is 1. The van der Waals surface area contributed by atoms with Crippen LogP contribution in [0.2, 0.25) is 0 Å². The van der Waals surface area contributed by atoms with Crippen LogP contribution in [0.25, 0.3) is 21.9 Å². The number of H-pyrrole nitrogens is 1. The summed E-state index contributed by atoms with van der Waals surface area (Å²) in [4.78, 5) is 37.3. The van der Waals surface area contributed by atoms with E-state index >= 15 is 0 Å². The zero-order chi connectivity index (χ0) is 22.4. The first-order chi connectivity index (χ1) is 15.5. The number of hydrogen-bond donors (Lipinski definition) is 1. The number of methoxy groups -OCH3 is 1. The van der Waals surface area contributed by atoms with Crippen LogP contribution in [-0.4, -0.2) is 47.8 Å². The maximum absolute atomic E-state index is 13.5. The van der Waals surface area contributed by atoms with Gasteiger partial charge >= 0.3 is 0 Å². The first-order valence-corrected chi connectivity index (χ1v) is 11.3. The van der Waals surface area contributed by atoms with Crippen molar-refractivity contribution in [3.63, 3.8) is 0 Å². The normalized spacial score (nSPS) is 15.6. The quantitative estimate of drug-likeness (QED) is 0.608. The number of carbonyl (C=O) groups excluding carboxylic acids is 1. The van der Waals surface area contributed by atoms with E-state index in [9.17, 15) is 9.59 Å². The summed E-state index contributed by atoms with van der Waals surface area (Å²) in [6.07, 6.45) is 3.65. The molecule has 5 rings (SSSR count). The summed E-state index contributed by atoms with van der Waals surface area (Å²) in [5.41, 5.74) is 1.70. The number of aryl methyl sites for hydroxylation is 2. The highest BCUT2D eigenvalue weighted by atomic mass is 32.1. The second kappa shape index (κ2) is 7.98. The van der Waals surface area contributed by atoms with E-state index in [4.69, 9.17) is 14.2 Å². The number of rotatable bonds is 4. The molecule has 0 aliphatic carbocycles. The molecule has 1 fully saturated rings. The smallest absolute Gasteiger partial charge is 0.260 e. The van der Waals surface area contributed by atoms with Crippen molar-refractivity contribution in [2.24, 2.45) is 0 Å². The molecule has 2 aliphatic heterocycles. The van der Waals surface area contributed by atoms with E-state index in [1.54, 1.807) is 30.2 Å². The molecule has 9 heteroatoms. The summed E-state index contributed by atoms with van der Waals surface area (Å²) in [5.74, 6) is 1.70. The Labute approximate surface area is 188 Å². The summed E-state index contributed by atoms with van der Waals surface area (Å²) in [6, 6.07) is 3.57. The molecular weight excluding hydrogens is 430 g/mol. The number of ether oxygens (including phenoxy) is 3. The lowest BCUT2D eigenvalue weighted by Crippen LogP contribution is -2.29. The highest BCUT2D eigenvalue weighted by molar-refractivity contribution is 7.18. The highest BCUT2D eigenvalue weighted by Crippen LogP contribution is 2.42. The van der Waals surface area contributed by atoms with E-state index < -0.39 is 0 Å². The number of carbonyl (C=O) groups is 1. The van der Waals surface area contributed by atoms with Crippen LogP contribution in [0.5, 0.6) is 17.2 Å². The minimum absolute atomic E-state index is 0.112. The maximum Gasteiger partial charge on any atom is 0.260 e. The first-order valence-electron chi connectivity index (χ1n) is 10.4. The molecule has 32 heavy (non-hydrogen) atoms. The lowest BCUT2D eigenvalue weighted by atomic mass is 10.1. The SMILES string of the molecule is COc1cc(/C=C(/C(=O)N2CCCC2)c2nc3sc(C)c(C)c3c(=O)[nH]2)cc2c1OCO2. The molecule has 166 valence electrons. The van der Waals surface area contributed by atoms with Crippen LogP contribution < -0.4 is 19.8 Å². The number of hydrogen-bond acceptors (Lipinski definition) is 7. The van der Waals surface area contributed by atoms with E-state index in [1.165, 1.54) is 11.3 Å². The number of aromatic amines is 1. The molecular formula is C23H23N3O5S. The Morgan fingerprint density at radius 3 is 2.78 bits per heavy atom. The Balaban J connectivity index is 1.68. The Morgan fingerprint density at radius 2 is 2.03 bits per heavy atom. The van der Waals surface area contributed by atoms with E-state index in [0.717, 1.165) is 23.3 Å². The van der Waals surface area contributed by atoms with Crippen LogP contribution >= 0.6 is 11.3 Å². The van der Waals surface area contributed by atoms with Crippen molar-refractivity contribution < 1.29 is 19.0 Å². The van der Waals surface area contributed by atoms with Crippen molar-refractivity contribution in [3.8, 4) is 17.2 Å². The fourth-order valence-corrected chi connectivity index (χ4v) is 5.13. The molecule has 1 aromatic carbocycles. The van der Waals surface area contributed by atoms with Crippen LogP contribution in [0.1, 0.15) is 34.7 Å². The topological polar surface area (TPSA) is 93.8 Å². The van der Waals surface area contributed by atoms with Gasteiger partial charge in [-0.1, -0.05) is 0 Å². The standard InChI is InChI=1S/C23H23N3O5S/c1-12-13(2)32-22-18(12)21(27)24-20(25-22)15(23(28)26-6-4-5-7-26)8-14-9-16(29-3)19-17(10-14)30-11-31-19/h8-10H,4-7,11H2,1-3H3,(H,24,25,27)/b15-8+. The third-order valence-electron chi connectivity index (χ3n) is 5.91. The number of amides is 1. The molecule has 0 radical (unpaired) electrons. The number of fused-ring (bicyclic) bond motifs is 2. The molecule has 8 nitrogen and oxygen atoms in total. The van der Waals surface area contributed by atoms with Gasteiger partial charge in [-0.25, -0.2) is 4.98 Å². The van der Waals surface area contributed by atoms with E-state index in [1.807, 2.05) is 13.8 Å². The van der Waals surface area contributed by atoms with Crippen LogP contribution in [0.4, 0.5) is 0 Å². The van der Waals surface area contributed by atoms with Gasteiger partial charge in [0.2, 0.25) is 12.5 Å². The van der Waals surface area contributed by atoms with Gasteiger partial charge < -0.3 is 24.1 Å². The van der Waals surface area contributed by atoms with Gasteiger partial charge in [0.25, 0.3) is 11.5 Å². The molecule has 2 aliphatic rings. The molecule has 2 aromatic heterocycles. The molecule has 0 bridgehead atoms. The van der Waals surface area contributed by atoms with Gasteiger partial charge in [0.1, 0.15) is 10.7 Å². The predicted octanol–water partition coefficient (Wildman–Crippen LogP) is 3.50. The third-order valence-corrected chi connectivity index (χ3v) is 7.01. The van der Waals surface area contributed by atoms with Crippen molar-refractivity contribution in [1.82, 2.24) is 14.9 Å². The lowest BCUT2D eigenvalue weighted by Gasteiger charge is -2.17. The Bertz CT molecular complexity index is 1320. The van der Waals surface area contributed by atoms with E-state index in [0.29, 0.717) is 51.7 Å². The molecule has 1 saturated heterocycles. The van der Waals surface area contributed by atoms with Gasteiger partial charge in [-0.3, -0.25) is 9.59 Å². The highest BCUT2D eigenvalue weighted by Gasteiger charge is 2.26. The third kappa shape index (κ3) is 3.42. The molecule has 4 heterocycles. The Kier molecular flexibility index (Phi) is 5.13. The van der Waals surface area contributed by atoms with Gasteiger partial charge in [0.05, 0.1) is 18.1 Å². The predicted molar refractivity (Wildman–Crippen MR) is 123 cm³/mol. The summed E-state index contributed by atoms with van der Waals surface area (Å²) in [5, 5.41) is 0.578. The molecule has 1 N–H and O–H groups in total. The number of nitrogens with one attached hydrogen (secondary N) is 1. The fourth-order valence-electron chi connectivity index (χ4n) is 4.10. The molecule has 0 unspecified atom stereocenters. The average molecular weight is 454 g/mol. The van der Waals surface area contributed by atoms with Crippen LogP contribution in [0.3, 0.4) is 0 Å². The summed E-state index contributed by atoms with van der Waals surface area (Å²) in [6.45, 7) is 5.36. The monoisotopic (exact) mass is 453 g/mol. The average Bonchev–Trinajstić information content (AvgIpc) is 3.52. The second-order valence-corrected chi connectivity index (χ2v) is 9.10. The first kappa shape index (κ1) is 20.6. The fraction of sp³-hybridized carbons (Fsp3) is 0.348. The van der Waals surface area contributed by atoms with Crippen LogP contribution in [-0.2, 0) is 4.79 Å². The molecule has 3 aromatic rings. The van der Waals surface area contributed by atoms with Crippen LogP contribution in [0.15, 0.2) is 16.9 Å². The molecule has 1 amide bonds. The molecule has 0 saturated carbocycles. The Morgan fingerprint density at radius 1 is 1.25 bits per heavy atom. The summed E-state index contributed by atoms with van der Waals surface area (Å²) < 4.78 is 16.4. The van der Waals surface area contributed by atoms with E-state index in [-0.39, 0.29) is 24.1 Å². The zero-order valence-electron chi connectivity index (χ0n) is 18.1. The number of aromatic nitrogens is 2. The summed E-state index contributed by atoms with van der Waals surface area (Å²) >= 11 is 1.46.